The molecule has 4 aromatic rings. The van der Waals surface area contributed by atoms with E-state index in [0.29, 0.717) is 7.25 Å². The summed E-state index contributed by atoms with van der Waals surface area (Å²) in [6, 6.07) is 37.8. The first-order valence-electron chi connectivity index (χ1n) is 14.5. The second-order valence-corrected chi connectivity index (χ2v) is 33.9. The summed E-state index contributed by atoms with van der Waals surface area (Å²) in [6.07, 6.45) is 8.31. The van der Waals surface area contributed by atoms with Gasteiger partial charge in [-0.15, -0.1) is 0 Å². The standard InChI is InChI=1S/2C13H9.C9H19.2ClH.H3Si.Zr/c2*1-3-7-12-10(5-1)9-11-6-2-4-8-13(11)12;1-3-5-7-9-8-6-4-2;;;;/h2*1-9H;3H,4-9H2,1-2H3;2*1H;1H3;/q;;;;;;+2/p-2. The topological polar surface area (TPSA) is 0 Å². The predicted molar refractivity (Wildman–Crippen MR) is 160 cm³/mol. The molecule has 0 fully saturated rings. The van der Waals surface area contributed by atoms with Crippen molar-refractivity contribution in [3.8, 4) is 22.3 Å². The van der Waals surface area contributed by atoms with Gasteiger partial charge in [-0.1, -0.05) is 0 Å². The number of halogens is 2. The first-order valence-corrected chi connectivity index (χ1v) is 27.2. The van der Waals surface area contributed by atoms with Gasteiger partial charge in [0.1, 0.15) is 0 Å². The molecule has 0 aromatic heterocycles. The number of benzene rings is 4. The summed E-state index contributed by atoms with van der Waals surface area (Å²) in [7, 11) is 1.34. The van der Waals surface area contributed by atoms with E-state index in [1.165, 1.54) is 68.1 Å². The minimum absolute atomic E-state index is 0. The van der Waals surface area contributed by atoms with Crippen LogP contribution >= 0.6 is 0 Å². The average Bonchev–Trinajstić information content (AvgIpc) is 3.46. The fourth-order valence-electron chi connectivity index (χ4n) is 7.75. The Hall–Kier alpha value is -1.44. The molecule has 1 atom stereocenters. The second kappa shape index (κ2) is 13.0. The second-order valence-electron chi connectivity index (χ2n) is 11.7. The van der Waals surface area contributed by atoms with Crippen LogP contribution in [-0.4, -0.2) is 7.37 Å². The van der Waals surface area contributed by atoms with E-state index in [9.17, 15) is 0 Å². The molecule has 0 saturated heterocycles. The molecule has 2 aliphatic rings. The monoisotopic (exact) mass is 648 g/mol. The van der Waals surface area contributed by atoms with Gasteiger partial charge in [-0.2, -0.15) is 0 Å². The van der Waals surface area contributed by atoms with E-state index in [4.69, 9.17) is 0 Å². The van der Waals surface area contributed by atoms with Crippen molar-refractivity contribution in [2.75, 3.05) is 0 Å². The van der Waals surface area contributed by atoms with Crippen molar-refractivity contribution >= 4 is 7.37 Å². The molecule has 0 N–H and O–H groups in total. The molecule has 6 rings (SSSR count). The zero-order chi connectivity index (χ0) is 25.4. The zero-order valence-electron chi connectivity index (χ0n) is 23.5. The molecule has 2 aliphatic carbocycles. The number of unbranched alkanes of at least 4 members (excludes halogenated alkanes) is 4. The molecule has 4 heteroatoms. The minimum atomic E-state index is -3.00. The van der Waals surface area contributed by atoms with Crippen molar-refractivity contribution in [3.63, 3.8) is 0 Å². The van der Waals surface area contributed by atoms with E-state index in [0.717, 1.165) is 3.63 Å². The van der Waals surface area contributed by atoms with Gasteiger partial charge in [-0.25, -0.2) is 0 Å². The maximum Gasteiger partial charge on any atom is -1.00 e. The quantitative estimate of drug-likeness (QED) is 0.193. The smallest absolute Gasteiger partial charge is 1.00 e. The Bertz CT molecular complexity index is 1230. The summed E-state index contributed by atoms with van der Waals surface area (Å²) in [4.78, 5) is 0. The van der Waals surface area contributed by atoms with E-state index in [-0.39, 0.29) is 24.8 Å². The Labute approximate surface area is 254 Å². The molecule has 0 aliphatic heterocycles. The largest absolute Gasteiger partial charge is 1.00 e. The molecule has 0 nitrogen and oxygen atoms in total. The molecule has 0 spiro atoms. The van der Waals surface area contributed by atoms with Crippen molar-refractivity contribution < 1.29 is 44.2 Å². The number of hydrogen-bond donors (Lipinski definition) is 0. The summed E-state index contributed by atoms with van der Waals surface area (Å²) in [6.45, 7) is 5.02. The van der Waals surface area contributed by atoms with Crippen molar-refractivity contribution in [1.29, 1.82) is 0 Å². The van der Waals surface area contributed by atoms with Crippen molar-refractivity contribution in [1.82, 2.24) is 0 Å². The van der Waals surface area contributed by atoms with E-state index in [1.807, 2.05) is 0 Å². The van der Waals surface area contributed by atoms with E-state index in [1.54, 1.807) is 22.3 Å². The van der Waals surface area contributed by atoms with Gasteiger partial charge in [-0.05, 0) is 0 Å². The number of rotatable bonds is 9. The maximum atomic E-state index is 2.69. The van der Waals surface area contributed by atoms with Crippen LogP contribution in [0.2, 0.25) is 3.63 Å². The third-order valence-electron chi connectivity index (χ3n) is 9.71. The summed E-state index contributed by atoms with van der Waals surface area (Å²) in [5, 5.41) is 0. The van der Waals surface area contributed by atoms with Crippen LogP contribution in [0, 0.1) is 0 Å². The summed E-state index contributed by atoms with van der Waals surface area (Å²) in [5.41, 5.74) is 12.6. The Morgan fingerprint density at radius 3 is 1.26 bits per heavy atom. The van der Waals surface area contributed by atoms with Gasteiger partial charge in [0.2, 0.25) is 0 Å². The van der Waals surface area contributed by atoms with Crippen LogP contribution < -0.4 is 24.8 Å². The van der Waals surface area contributed by atoms with E-state index in [2.05, 4.69) is 111 Å². The van der Waals surface area contributed by atoms with Gasteiger partial charge in [-0.3, -0.25) is 0 Å². The molecule has 1 unspecified atom stereocenters. The fourth-order valence-corrected chi connectivity index (χ4v) is 31.5. The molecular formula is C35H40Cl2SiZr. The third-order valence-corrected chi connectivity index (χ3v) is 37.5. The van der Waals surface area contributed by atoms with Crippen LogP contribution in [0.5, 0.6) is 0 Å². The van der Waals surface area contributed by atoms with Crippen LogP contribution in [0.15, 0.2) is 97.1 Å². The van der Waals surface area contributed by atoms with Gasteiger partial charge < -0.3 is 24.8 Å². The van der Waals surface area contributed by atoms with Crippen LogP contribution in [-0.2, 0) is 19.4 Å². The number of fused-ring (bicyclic) bond motifs is 6. The number of hydrogen-bond acceptors (Lipinski definition) is 0. The van der Waals surface area contributed by atoms with Crippen LogP contribution in [0.3, 0.4) is 0 Å². The van der Waals surface area contributed by atoms with E-state index < -0.39 is 19.4 Å². The molecule has 39 heavy (non-hydrogen) atoms. The molecule has 0 bridgehead atoms. The Balaban J connectivity index is 0.00000176. The Kier molecular flexibility index (Phi) is 10.2. The Morgan fingerprint density at radius 2 is 0.897 bits per heavy atom. The van der Waals surface area contributed by atoms with Crippen LogP contribution in [0.1, 0.15) is 81.9 Å². The first-order chi connectivity index (χ1) is 18.2. The summed E-state index contributed by atoms with van der Waals surface area (Å²) in [5.74, 6) is 0. The predicted octanol–water partition coefficient (Wildman–Crippen LogP) is 3.14. The molecule has 4 aromatic carbocycles. The molecular weight excluding hydrogens is 611 g/mol. The zero-order valence-corrected chi connectivity index (χ0v) is 29.4. The normalized spacial score (nSPS) is 14.1. The molecule has 0 saturated carbocycles. The SMILES string of the molecule is CCCCCCC[CH](C)[Zr+2]([SiH3])([CH]1c2ccccc2-c2ccccc21)[CH]1c2ccccc2-c2ccccc21.[Cl-].[Cl-]. The average molecular weight is 651 g/mol. The fraction of sp³-hybridized carbons (Fsp3) is 0.314. The molecule has 0 amide bonds. The molecule has 202 valence electrons. The first kappa shape index (κ1) is 30.5. The van der Waals surface area contributed by atoms with Crippen LogP contribution in [0.4, 0.5) is 0 Å². The van der Waals surface area contributed by atoms with Crippen molar-refractivity contribution in [2.24, 2.45) is 0 Å². The van der Waals surface area contributed by atoms with Gasteiger partial charge in [0.25, 0.3) is 0 Å². The Morgan fingerprint density at radius 1 is 0.564 bits per heavy atom. The summed E-state index contributed by atoms with van der Waals surface area (Å²) < 4.78 is 2.13. The minimum Gasteiger partial charge on any atom is -1.00 e. The maximum absolute atomic E-state index is 3.00. The van der Waals surface area contributed by atoms with Gasteiger partial charge in [0.15, 0.2) is 0 Å². The van der Waals surface area contributed by atoms with Gasteiger partial charge in [0.05, 0.1) is 0 Å². The molecule has 0 radical (unpaired) electrons. The molecule has 0 heterocycles. The third kappa shape index (κ3) is 5.21. The van der Waals surface area contributed by atoms with Crippen molar-refractivity contribution in [2.45, 2.75) is 63.2 Å². The van der Waals surface area contributed by atoms with E-state index >= 15 is 0 Å². The van der Waals surface area contributed by atoms with Crippen LogP contribution in [0.25, 0.3) is 22.3 Å². The summed E-state index contributed by atoms with van der Waals surface area (Å²) >= 11 is -3.00. The van der Waals surface area contributed by atoms with Crippen molar-refractivity contribution in [3.05, 3.63) is 119 Å². The van der Waals surface area contributed by atoms with Gasteiger partial charge >= 0.3 is 232 Å². The van der Waals surface area contributed by atoms with Gasteiger partial charge in [0, 0.05) is 0 Å².